The van der Waals surface area contributed by atoms with Gasteiger partial charge in [0.05, 0.1) is 17.6 Å². The molecule has 0 aromatic heterocycles. The average molecular weight is 315 g/mol. The van der Waals surface area contributed by atoms with E-state index in [-0.39, 0.29) is 22.7 Å². The number of nitro benzene ring substituents is 1. The number of rotatable bonds is 5. The van der Waals surface area contributed by atoms with Gasteiger partial charge in [-0.05, 0) is 37.3 Å². The highest BCUT2D eigenvalue weighted by molar-refractivity contribution is 5.92. The smallest absolute Gasteiger partial charge is 0.343 e. The van der Waals surface area contributed by atoms with Crippen molar-refractivity contribution >= 4 is 17.9 Å². The minimum absolute atomic E-state index is 0.0746. The quantitative estimate of drug-likeness (QED) is 0.277. The Kier molecular flexibility index (Phi) is 4.70. The van der Waals surface area contributed by atoms with Crippen LogP contribution in [0.15, 0.2) is 36.4 Å². The summed E-state index contributed by atoms with van der Waals surface area (Å²) in [5, 5.41) is 10.8. The molecule has 0 atom stereocenters. The highest BCUT2D eigenvalue weighted by Crippen LogP contribution is 2.29. The predicted molar refractivity (Wildman–Crippen MR) is 81.2 cm³/mol. The van der Waals surface area contributed by atoms with Crippen LogP contribution < -0.4 is 9.47 Å². The first-order valence-corrected chi connectivity index (χ1v) is 6.56. The molecule has 0 bridgehead atoms. The average Bonchev–Trinajstić information content (AvgIpc) is 2.54. The number of benzene rings is 2. The van der Waals surface area contributed by atoms with Crippen molar-refractivity contribution in [3.63, 3.8) is 0 Å². The molecule has 0 spiro atoms. The van der Waals surface area contributed by atoms with Crippen LogP contribution in [0.5, 0.6) is 11.5 Å². The van der Waals surface area contributed by atoms with Gasteiger partial charge >= 0.3 is 5.97 Å². The maximum absolute atomic E-state index is 12.2. The normalized spacial score (nSPS) is 10.0. The van der Waals surface area contributed by atoms with E-state index >= 15 is 0 Å². The van der Waals surface area contributed by atoms with Crippen molar-refractivity contribution in [3.05, 3.63) is 63.2 Å². The molecule has 2 aromatic rings. The van der Waals surface area contributed by atoms with Gasteiger partial charge < -0.3 is 9.47 Å². The number of ether oxygens (including phenoxy) is 2. The molecule has 2 aromatic carbocycles. The molecule has 23 heavy (non-hydrogen) atoms. The van der Waals surface area contributed by atoms with Crippen LogP contribution in [0.4, 0.5) is 5.69 Å². The molecule has 118 valence electrons. The fraction of sp³-hybridized carbons (Fsp3) is 0.125. The van der Waals surface area contributed by atoms with Crippen molar-refractivity contribution in [1.29, 1.82) is 0 Å². The van der Waals surface area contributed by atoms with Crippen LogP contribution in [0.3, 0.4) is 0 Å². The van der Waals surface area contributed by atoms with Gasteiger partial charge in [0.25, 0.3) is 5.69 Å². The Morgan fingerprint density at radius 1 is 1.17 bits per heavy atom. The van der Waals surface area contributed by atoms with Crippen LogP contribution in [0.25, 0.3) is 0 Å². The van der Waals surface area contributed by atoms with E-state index in [0.717, 1.165) is 0 Å². The lowest BCUT2D eigenvalue weighted by atomic mass is 10.1. The van der Waals surface area contributed by atoms with Gasteiger partial charge in [-0.25, -0.2) is 4.79 Å². The molecule has 0 aliphatic rings. The molecular formula is C16H13NO6. The van der Waals surface area contributed by atoms with E-state index in [1.807, 2.05) is 0 Å². The van der Waals surface area contributed by atoms with E-state index < -0.39 is 10.9 Å². The van der Waals surface area contributed by atoms with Gasteiger partial charge in [-0.15, -0.1) is 0 Å². The third-order valence-corrected chi connectivity index (χ3v) is 3.16. The van der Waals surface area contributed by atoms with E-state index in [1.54, 1.807) is 0 Å². The van der Waals surface area contributed by atoms with E-state index in [4.69, 9.17) is 9.47 Å². The number of carbonyl (C=O) groups is 2. The van der Waals surface area contributed by atoms with Gasteiger partial charge in [0, 0.05) is 17.2 Å². The number of methoxy groups -OCH3 is 1. The molecule has 0 aliphatic heterocycles. The summed E-state index contributed by atoms with van der Waals surface area (Å²) >= 11 is 0. The molecule has 0 radical (unpaired) electrons. The fourth-order valence-corrected chi connectivity index (χ4v) is 1.99. The van der Waals surface area contributed by atoms with Crippen LogP contribution in [0.1, 0.15) is 26.3 Å². The topological polar surface area (TPSA) is 95.7 Å². The number of hydrogen-bond donors (Lipinski definition) is 0. The molecule has 7 nitrogen and oxygen atoms in total. The maximum atomic E-state index is 12.2. The molecule has 0 fully saturated rings. The van der Waals surface area contributed by atoms with Gasteiger partial charge in [0.15, 0.2) is 11.5 Å². The minimum Gasteiger partial charge on any atom is -0.493 e. The Bertz CT molecular complexity index is 784. The summed E-state index contributed by atoms with van der Waals surface area (Å²) in [7, 11) is 1.39. The number of aryl methyl sites for hydroxylation is 1. The van der Waals surface area contributed by atoms with Gasteiger partial charge in [0.2, 0.25) is 0 Å². The lowest BCUT2D eigenvalue weighted by Crippen LogP contribution is -2.10. The lowest BCUT2D eigenvalue weighted by Gasteiger charge is -2.10. The summed E-state index contributed by atoms with van der Waals surface area (Å²) in [5.41, 5.74) is 0.838. The summed E-state index contributed by atoms with van der Waals surface area (Å²) in [6.45, 7) is 1.54. The number of carbonyl (C=O) groups excluding carboxylic acids is 2. The van der Waals surface area contributed by atoms with Crippen LogP contribution in [0, 0.1) is 17.0 Å². The fourth-order valence-electron chi connectivity index (χ4n) is 1.99. The van der Waals surface area contributed by atoms with Crippen molar-refractivity contribution in [1.82, 2.24) is 0 Å². The largest absolute Gasteiger partial charge is 0.493 e. The maximum Gasteiger partial charge on any atom is 0.343 e. The predicted octanol–water partition coefficient (Wildman–Crippen LogP) is 2.94. The van der Waals surface area contributed by atoms with E-state index in [1.165, 1.54) is 50.4 Å². The number of nitrogens with zero attached hydrogens (tertiary/aromatic N) is 1. The second-order valence-corrected chi connectivity index (χ2v) is 4.68. The molecule has 0 aliphatic carbocycles. The Morgan fingerprint density at radius 3 is 2.48 bits per heavy atom. The zero-order valence-electron chi connectivity index (χ0n) is 12.4. The first-order valence-electron chi connectivity index (χ1n) is 6.56. The van der Waals surface area contributed by atoms with Gasteiger partial charge in [-0.1, -0.05) is 0 Å². The first kappa shape index (κ1) is 16.2. The molecule has 0 N–H and O–H groups in total. The molecule has 2 rings (SSSR count). The number of hydrogen-bond acceptors (Lipinski definition) is 6. The third-order valence-electron chi connectivity index (χ3n) is 3.16. The second kappa shape index (κ2) is 6.69. The number of esters is 1. The van der Waals surface area contributed by atoms with E-state index in [2.05, 4.69) is 0 Å². The molecule has 0 unspecified atom stereocenters. The summed E-state index contributed by atoms with van der Waals surface area (Å²) in [6, 6.07) is 8.32. The monoisotopic (exact) mass is 315 g/mol. The van der Waals surface area contributed by atoms with Crippen molar-refractivity contribution in [3.8, 4) is 11.5 Å². The van der Waals surface area contributed by atoms with Crippen LogP contribution in [0.2, 0.25) is 0 Å². The summed E-state index contributed by atoms with van der Waals surface area (Å²) in [4.78, 5) is 33.1. The summed E-state index contributed by atoms with van der Waals surface area (Å²) in [6.07, 6.45) is 0.647. The molecule has 0 saturated heterocycles. The first-order chi connectivity index (χ1) is 11.0. The Hall–Kier alpha value is -3.22. The van der Waals surface area contributed by atoms with Crippen LogP contribution in [-0.4, -0.2) is 24.3 Å². The zero-order valence-corrected chi connectivity index (χ0v) is 12.4. The SMILES string of the molecule is COc1cc(C=O)ccc1OC(=O)c1ccc([N+](=O)[O-])c(C)c1. The number of nitro groups is 1. The van der Waals surface area contributed by atoms with E-state index in [0.29, 0.717) is 17.4 Å². The van der Waals surface area contributed by atoms with Crippen molar-refractivity contribution < 1.29 is 24.0 Å². The van der Waals surface area contributed by atoms with Gasteiger partial charge in [-0.2, -0.15) is 0 Å². The van der Waals surface area contributed by atoms with Crippen LogP contribution >= 0.6 is 0 Å². The molecule has 0 amide bonds. The highest BCUT2D eigenvalue weighted by Gasteiger charge is 2.17. The molecule has 0 heterocycles. The highest BCUT2D eigenvalue weighted by atomic mass is 16.6. The van der Waals surface area contributed by atoms with Crippen molar-refractivity contribution in [2.75, 3.05) is 7.11 Å². The second-order valence-electron chi connectivity index (χ2n) is 4.68. The Balaban J connectivity index is 2.27. The molecule has 0 saturated carbocycles. The summed E-state index contributed by atoms with van der Waals surface area (Å²) < 4.78 is 10.3. The minimum atomic E-state index is -0.680. The molecular weight excluding hydrogens is 302 g/mol. The van der Waals surface area contributed by atoms with Gasteiger partial charge in [0.1, 0.15) is 6.29 Å². The Morgan fingerprint density at radius 2 is 1.91 bits per heavy atom. The van der Waals surface area contributed by atoms with E-state index in [9.17, 15) is 19.7 Å². The van der Waals surface area contributed by atoms with Crippen LogP contribution in [-0.2, 0) is 0 Å². The lowest BCUT2D eigenvalue weighted by molar-refractivity contribution is -0.385. The Labute approximate surface area is 131 Å². The number of aldehydes is 1. The van der Waals surface area contributed by atoms with Crippen molar-refractivity contribution in [2.45, 2.75) is 6.92 Å². The molecule has 7 heteroatoms. The zero-order chi connectivity index (χ0) is 17.0. The van der Waals surface area contributed by atoms with Gasteiger partial charge in [-0.3, -0.25) is 14.9 Å². The van der Waals surface area contributed by atoms with Crippen molar-refractivity contribution in [2.24, 2.45) is 0 Å². The summed E-state index contributed by atoms with van der Waals surface area (Å²) in [5.74, 6) is -0.291. The third kappa shape index (κ3) is 3.52. The standard InChI is InChI=1S/C16H13NO6/c1-10-7-12(4-5-13(10)17(20)21)16(19)23-14-6-3-11(9-18)8-15(14)22-2/h3-9H,1-2H3.